The van der Waals surface area contributed by atoms with Crippen molar-refractivity contribution in [2.24, 2.45) is 22.9 Å². The minimum Gasteiger partial charge on any atom is -0.462 e. The molecule has 222 valence electrons. The Morgan fingerprint density at radius 2 is 1.98 bits per heavy atom. The predicted molar refractivity (Wildman–Crippen MR) is 159 cm³/mol. The molecule has 2 aromatic carbocycles. The highest BCUT2D eigenvalue weighted by atomic mass is 19.1. The van der Waals surface area contributed by atoms with Crippen LogP contribution in [0.25, 0.3) is 16.8 Å². The van der Waals surface area contributed by atoms with Gasteiger partial charge in [-0.2, -0.15) is 5.10 Å². The van der Waals surface area contributed by atoms with E-state index >= 15 is 4.39 Å². The van der Waals surface area contributed by atoms with E-state index < -0.39 is 11.8 Å². The van der Waals surface area contributed by atoms with Crippen LogP contribution in [-0.2, 0) is 4.74 Å². The third-order valence-corrected chi connectivity index (χ3v) is 8.04. The summed E-state index contributed by atoms with van der Waals surface area (Å²) in [4.78, 5) is 28.0. The van der Waals surface area contributed by atoms with Gasteiger partial charge < -0.3 is 20.4 Å². The lowest BCUT2D eigenvalue weighted by Gasteiger charge is -2.38. The molecule has 2 atom stereocenters. The van der Waals surface area contributed by atoms with Gasteiger partial charge in [0.2, 0.25) is 0 Å². The SMILES string of the molecule is CCOC(=O)c1cnn(-c2cccc(-c3cccc(C(=O)N4CCCC(C)(C)C4)c3F)c2)c1C1C[C@@H]1/C(N)=C/N(C)N. The highest BCUT2D eigenvalue weighted by Crippen LogP contribution is 2.52. The first-order chi connectivity index (χ1) is 20.0. The van der Waals surface area contributed by atoms with Gasteiger partial charge in [0.15, 0.2) is 0 Å². The number of hydrazine groups is 1. The Morgan fingerprint density at radius 3 is 2.69 bits per heavy atom. The molecule has 2 heterocycles. The molecule has 1 unspecified atom stereocenters. The quantitative estimate of drug-likeness (QED) is 0.225. The second kappa shape index (κ2) is 11.6. The lowest BCUT2D eigenvalue weighted by molar-refractivity contribution is 0.0524. The predicted octanol–water partition coefficient (Wildman–Crippen LogP) is 4.83. The van der Waals surface area contributed by atoms with E-state index in [4.69, 9.17) is 16.3 Å². The smallest absolute Gasteiger partial charge is 0.341 e. The van der Waals surface area contributed by atoms with Crippen molar-refractivity contribution in [1.29, 1.82) is 0 Å². The van der Waals surface area contributed by atoms with Crippen molar-refractivity contribution in [2.75, 3.05) is 26.7 Å². The van der Waals surface area contributed by atoms with Crippen molar-refractivity contribution in [2.45, 2.75) is 46.0 Å². The highest BCUT2D eigenvalue weighted by Gasteiger charge is 2.45. The number of nitrogens with two attached hydrogens (primary N) is 2. The molecular formula is C32H39FN6O3. The summed E-state index contributed by atoms with van der Waals surface area (Å²) in [5, 5.41) is 5.95. The molecule has 1 aliphatic heterocycles. The average molecular weight is 575 g/mol. The Hall–Kier alpha value is -4.18. The summed E-state index contributed by atoms with van der Waals surface area (Å²) in [5.74, 6) is 4.37. The normalized spacial score (nSPS) is 19.9. The van der Waals surface area contributed by atoms with Crippen molar-refractivity contribution in [3.05, 3.63) is 83.2 Å². The molecule has 2 aliphatic rings. The Bertz CT molecular complexity index is 1530. The molecule has 1 aliphatic carbocycles. The summed E-state index contributed by atoms with van der Waals surface area (Å²) < 4.78 is 23.0. The summed E-state index contributed by atoms with van der Waals surface area (Å²) in [6.07, 6.45) is 5.82. The monoisotopic (exact) mass is 574 g/mol. The van der Waals surface area contributed by atoms with E-state index in [0.29, 0.717) is 46.9 Å². The highest BCUT2D eigenvalue weighted by molar-refractivity contribution is 5.96. The standard InChI is InChI=1S/C32H39FN6O3/c1-5-42-31(41)26-17-36-39(29(26)25-16-24(25)27(34)18-37(4)35)21-10-6-9-20(15-21)22-11-7-12-23(28(22)33)30(40)38-14-8-13-32(2,3)19-38/h6-7,9-12,15,17-18,24-25H,5,8,13-14,16,19,34-35H2,1-4H3/b27-18-/t24-,25?/m0/s1. The minimum absolute atomic E-state index is 0.00145. The maximum atomic E-state index is 16.0. The van der Waals surface area contributed by atoms with Crippen molar-refractivity contribution >= 4 is 11.9 Å². The van der Waals surface area contributed by atoms with Crippen LogP contribution in [0.1, 0.15) is 72.4 Å². The van der Waals surface area contributed by atoms with Crippen LogP contribution in [0.4, 0.5) is 4.39 Å². The fourth-order valence-electron chi connectivity index (χ4n) is 5.98. The molecule has 1 saturated carbocycles. The number of piperidine rings is 1. The number of hydrogen-bond acceptors (Lipinski definition) is 7. The number of halogens is 1. The van der Waals surface area contributed by atoms with E-state index in [9.17, 15) is 9.59 Å². The van der Waals surface area contributed by atoms with Gasteiger partial charge in [-0.15, -0.1) is 0 Å². The second-order valence-electron chi connectivity index (χ2n) is 12.0. The van der Waals surface area contributed by atoms with Crippen molar-refractivity contribution in [3.63, 3.8) is 0 Å². The summed E-state index contributed by atoms with van der Waals surface area (Å²) in [6, 6.07) is 12.2. The number of ether oxygens (including phenoxy) is 1. The van der Waals surface area contributed by atoms with Gasteiger partial charge in [0, 0.05) is 49.4 Å². The number of carbonyl (C=O) groups is 2. The number of nitrogens with zero attached hydrogens (tertiary/aromatic N) is 4. The van der Waals surface area contributed by atoms with Crippen LogP contribution < -0.4 is 11.6 Å². The number of carbonyl (C=O) groups excluding carboxylic acids is 2. The van der Waals surface area contributed by atoms with E-state index in [-0.39, 0.29) is 35.3 Å². The molecule has 1 saturated heterocycles. The summed E-state index contributed by atoms with van der Waals surface area (Å²) >= 11 is 0. The second-order valence-corrected chi connectivity index (χ2v) is 12.0. The molecule has 10 heteroatoms. The van der Waals surface area contributed by atoms with Gasteiger partial charge in [-0.25, -0.2) is 19.7 Å². The van der Waals surface area contributed by atoms with E-state index in [1.807, 2.05) is 18.2 Å². The molecule has 9 nitrogen and oxygen atoms in total. The van der Waals surface area contributed by atoms with Crippen molar-refractivity contribution in [3.8, 4) is 16.8 Å². The van der Waals surface area contributed by atoms with E-state index in [0.717, 1.165) is 19.3 Å². The first-order valence-electron chi connectivity index (χ1n) is 14.4. The molecular weight excluding hydrogens is 535 g/mol. The maximum Gasteiger partial charge on any atom is 0.341 e. The zero-order chi connectivity index (χ0) is 30.2. The van der Waals surface area contributed by atoms with Gasteiger partial charge in [-0.3, -0.25) is 4.79 Å². The zero-order valence-electron chi connectivity index (χ0n) is 24.6. The molecule has 0 spiro atoms. The number of benzene rings is 2. The first kappa shape index (κ1) is 29.3. The largest absolute Gasteiger partial charge is 0.462 e. The van der Waals surface area contributed by atoms with Crippen LogP contribution in [0.3, 0.4) is 0 Å². The molecule has 42 heavy (non-hydrogen) atoms. The van der Waals surface area contributed by atoms with Gasteiger partial charge in [0.1, 0.15) is 11.4 Å². The Morgan fingerprint density at radius 1 is 1.21 bits per heavy atom. The van der Waals surface area contributed by atoms with Crippen molar-refractivity contribution < 1.29 is 18.7 Å². The minimum atomic E-state index is -0.554. The topological polar surface area (TPSA) is 120 Å². The van der Waals surface area contributed by atoms with Crippen LogP contribution in [0.15, 0.2) is 60.6 Å². The zero-order valence-corrected chi connectivity index (χ0v) is 24.6. The number of likely N-dealkylation sites (tertiary alicyclic amines) is 1. The molecule has 1 amide bonds. The number of aromatic nitrogens is 2. The van der Waals surface area contributed by atoms with Crippen molar-refractivity contribution in [1.82, 2.24) is 19.7 Å². The number of rotatable bonds is 8. The lowest BCUT2D eigenvalue weighted by atomic mass is 9.84. The summed E-state index contributed by atoms with van der Waals surface area (Å²) in [6.45, 7) is 7.47. The fraction of sp³-hybridized carbons (Fsp3) is 0.406. The number of amides is 1. The van der Waals surface area contributed by atoms with Gasteiger partial charge in [-0.1, -0.05) is 38.1 Å². The molecule has 5 rings (SSSR count). The average Bonchev–Trinajstić information content (AvgIpc) is 3.62. The van der Waals surface area contributed by atoms with Crippen LogP contribution >= 0.6 is 0 Å². The van der Waals surface area contributed by atoms with Gasteiger partial charge in [0.25, 0.3) is 5.91 Å². The van der Waals surface area contributed by atoms with E-state index in [1.165, 1.54) is 11.2 Å². The maximum absolute atomic E-state index is 16.0. The number of esters is 1. The van der Waals surface area contributed by atoms with E-state index in [1.54, 1.807) is 54.0 Å². The molecule has 0 bridgehead atoms. The number of hydrogen-bond donors (Lipinski definition) is 2. The van der Waals surface area contributed by atoms with Gasteiger partial charge in [-0.05, 0) is 55.4 Å². The third-order valence-electron chi connectivity index (χ3n) is 8.04. The molecule has 0 radical (unpaired) electrons. The Balaban J connectivity index is 1.50. The lowest BCUT2D eigenvalue weighted by Crippen LogP contribution is -2.43. The van der Waals surface area contributed by atoms with Crippen LogP contribution in [0.5, 0.6) is 0 Å². The number of allylic oxidation sites excluding steroid dienone is 1. The van der Waals surface area contributed by atoms with Gasteiger partial charge >= 0.3 is 5.97 Å². The molecule has 2 fully saturated rings. The summed E-state index contributed by atoms with van der Waals surface area (Å²) in [7, 11) is 1.69. The first-order valence-corrected chi connectivity index (χ1v) is 14.4. The molecule has 4 N–H and O–H groups in total. The fourth-order valence-corrected chi connectivity index (χ4v) is 5.98. The molecule has 3 aromatic rings. The third kappa shape index (κ3) is 5.90. The Labute approximate surface area is 245 Å². The molecule has 1 aromatic heterocycles. The van der Waals surface area contributed by atoms with Gasteiger partial charge in [0.05, 0.1) is 29.7 Å². The van der Waals surface area contributed by atoms with Crippen LogP contribution in [-0.4, -0.2) is 58.3 Å². The Kier molecular flexibility index (Phi) is 8.10. The van der Waals surface area contributed by atoms with E-state index in [2.05, 4.69) is 18.9 Å². The van der Waals surface area contributed by atoms with Crippen LogP contribution in [0, 0.1) is 17.2 Å². The van der Waals surface area contributed by atoms with Crippen LogP contribution in [0.2, 0.25) is 0 Å². The summed E-state index contributed by atoms with van der Waals surface area (Å²) in [5.41, 5.74) is 9.58.